The van der Waals surface area contributed by atoms with Crippen molar-refractivity contribution in [3.63, 3.8) is 0 Å². The van der Waals surface area contributed by atoms with Crippen LogP contribution in [-0.4, -0.2) is 9.38 Å². The topological polar surface area (TPSA) is 21.2 Å². The van der Waals surface area contributed by atoms with Crippen LogP contribution in [-0.2, 0) is 19.9 Å². The minimum atomic E-state index is 1.05. The van der Waals surface area contributed by atoms with Crippen LogP contribution in [0.5, 0.6) is 0 Å². The molecule has 3 heteroatoms. The molecule has 0 bridgehead atoms. The van der Waals surface area contributed by atoms with Gasteiger partial charge in [0.25, 0.3) is 5.65 Å². The minimum absolute atomic E-state index is 1.05. The number of para-hydroxylation sites is 2. The molecule has 3 nitrogen and oxygen atoms in total. The van der Waals surface area contributed by atoms with Gasteiger partial charge in [-0.2, -0.15) is 4.40 Å². The van der Waals surface area contributed by atoms with Crippen molar-refractivity contribution in [3.05, 3.63) is 65.4 Å². The average Bonchev–Trinajstić information content (AvgIpc) is 3.00. The van der Waals surface area contributed by atoms with E-state index in [2.05, 4.69) is 79.3 Å². The van der Waals surface area contributed by atoms with Crippen molar-refractivity contribution < 1.29 is 4.57 Å². The van der Waals surface area contributed by atoms with Gasteiger partial charge in [0.1, 0.15) is 5.52 Å². The number of aromatic nitrogens is 3. The first-order valence-corrected chi connectivity index (χ1v) is 9.77. The van der Waals surface area contributed by atoms with Crippen LogP contribution in [0.2, 0.25) is 0 Å². The molecule has 5 rings (SSSR count). The summed E-state index contributed by atoms with van der Waals surface area (Å²) < 4.78 is 4.74. The van der Waals surface area contributed by atoms with Crippen LogP contribution in [0.3, 0.4) is 0 Å². The summed E-state index contributed by atoms with van der Waals surface area (Å²) >= 11 is 0. The first-order chi connectivity index (χ1) is 13.2. The van der Waals surface area contributed by atoms with Crippen molar-refractivity contribution >= 4 is 38.5 Å². The van der Waals surface area contributed by atoms with Crippen LogP contribution >= 0.6 is 0 Å². The third-order valence-electron chi connectivity index (χ3n) is 5.97. The lowest BCUT2D eigenvalue weighted by atomic mass is 9.98. The van der Waals surface area contributed by atoms with Gasteiger partial charge >= 0.3 is 0 Å². The van der Waals surface area contributed by atoms with Crippen molar-refractivity contribution in [2.24, 2.45) is 7.05 Å². The van der Waals surface area contributed by atoms with Gasteiger partial charge in [-0.25, -0.2) is 4.57 Å². The van der Waals surface area contributed by atoms with E-state index in [-0.39, 0.29) is 0 Å². The Morgan fingerprint density at radius 1 is 0.963 bits per heavy atom. The van der Waals surface area contributed by atoms with E-state index in [1.54, 1.807) is 0 Å². The van der Waals surface area contributed by atoms with Gasteiger partial charge in [-0.05, 0) is 66.8 Å². The maximum Gasteiger partial charge on any atom is 0.297 e. The van der Waals surface area contributed by atoms with E-state index in [0.717, 1.165) is 18.4 Å². The Balaban J connectivity index is 2.20. The molecule has 0 N–H and O–H groups in total. The van der Waals surface area contributed by atoms with E-state index in [4.69, 9.17) is 4.98 Å². The molecule has 0 aliphatic rings. The van der Waals surface area contributed by atoms with Crippen LogP contribution < -0.4 is 4.57 Å². The third kappa shape index (κ3) is 2.08. The molecule has 0 amide bonds. The van der Waals surface area contributed by atoms with Gasteiger partial charge in [-0.3, -0.25) is 4.98 Å². The highest BCUT2D eigenvalue weighted by Gasteiger charge is 2.25. The third-order valence-corrected chi connectivity index (χ3v) is 5.97. The van der Waals surface area contributed by atoms with Crippen molar-refractivity contribution in [1.29, 1.82) is 0 Å². The van der Waals surface area contributed by atoms with Gasteiger partial charge < -0.3 is 0 Å². The van der Waals surface area contributed by atoms with Crippen molar-refractivity contribution in [1.82, 2.24) is 9.38 Å². The Kier molecular flexibility index (Phi) is 3.48. The fraction of sp³-hybridized carbons (Fsp3) is 0.250. The average molecular weight is 354 g/mol. The van der Waals surface area contributed by atoms with Gasteiger partial charge in [-0.15, -0.1) is 0 Å². The normalized spacial score (nSPS) is 12.0. The molecule has 3 aromatic heterocycles. The highest BCUT2D eigenvalue weighted by Crippen LogP contribution is 2.33. The summed E-state index contributed by atoms with van der Waals surface area (Å²) in [6, 6.07) is 15.5. The second-order valence-corrected chi connectivity index (χ2v) is 7.40. The Labute approximate surface area is 158 Å². The summed E-state index contributed by atoms with van der Waals surface area (Å²) in [5, 5.41) is 2.49. The van der Waals surface area contributed by atoms with Crippen LogP contribution in [0.1, 0.15) is 30.5 Å². The zero-order chi connectivity index (χ0) is 18.7. The molecule has 27 heavy (non-hydrogen) atoms. The lowest BCUT2D eigenvalue weighted by molar-refractivity contribution is -0.617. The molecule has 0 aliphatic heterocycles. The number of rotatable bonds is 2. The monoisotopic (exact) mass is 354 g/mol. The molecule has 3 heterocycles. The maximum atomic E-state index is 4.84. The molecule has 0 spiro atoms. The van der Waals surface area contributed by atoms with Crippen LogP contribution in [0.25, 0.3) is 38.5 Å². The number of benzene rings is 2. The number of nitrogens with zero attached hydrogens (tertiary/aromatic N) is 3. The molecule has 0 fully saturated rings. The molecular formula is C24H24N3+. The highest BCUT2D eigenvalue weighted by atomic mass is 15.1. The lowest BCUT2D eigenvalue weighted by Crippen LogP contribution is -2.27. The first kappa shape index (κ1) is 16.2. The molecule has 0 unspecified atom stereocenters. The molecule has 0 saturated heterocycles. The Hall–Kier alpha value is -2.94. The van der Waals surface area contributed by atoms with Crippen LogP contribution in [0.4, 0.5) is 0 Å². The Morgan fingerprint density at radius 3 is 2.48 bits per heavy atom. The second-order valence-electron chi connectivity index (χ2n) is 7.40. The van der Waals surface area contributed by atoms with Crippen LogP contribution in [0, 0.1) is 6.92 Å². The fourth-order valence-corrected chi connectivity index (χ4v) is 4.59. The summed E-state index contributed by atoms with van der Waals surface area (Å²) in [4.78, 5) is 4.84. The summed E-state index contributed by atoms with van der Waals surface area (Å²) in [7, 11) is 2.16. The van der Waals surface area contributed by atoms with Gasteiger partial charge in [-0.1, -0.05) is 26.0 Å². The summed E-state index contributed by atoms with van der Waals surface area (Å²) in [6.07, 6.45) is 4.03. The zero-order valence-electron chi connectivity index (χ0n) is 16.4. The lowest BCUT2D eigenvalue weighted by Gasteiger charge is -2.11. The van der Waals surface area contributed by atoms with E-state index >= 15 is 0 Å². The quantitative estimate of drug-likeness (QED) is 0.321. The van der Waals surface area contributed by atoms with Crippen molar-refractivity contribution in [2.45, 2.75) is 33.6 Å². The minimum Gasteiger partial charge on any atom is -0.255 e. The number of aryl methyl sites for hydroxylation is 4. The molecule has 0 aliphatic carbocycles. The Morgan fingerprint density at radius 2 is 1.70 bits per heavy atom. The zero-order valence-corrected chi connectivity index (χ0v) is 16.4. The fourth-order valence-electron chi connectivity index (χ4n) is 4.59. The van der Waals surface area contributed by atoms with Crippen molar-refractivity contribution in [2.75, 3.05) is 0 Å². The van der Waals surface area contributed by atoms with Gasteiger partial charge in [0.05, 0.1) is 18.0 Å². The first-order valence-electron chi connectivity index (χ1n) is 9.77. The van der Waals surface area contributed by atoms with E-state index in [1.165, 1.54) is 49.7 Å². The number of hydrogen-bond acceptors (Lipinski definition) is 1. The molecular weight excluding hydrogens is 330 g/mol. The summed E-state index contributed by atoms with van der Waals surface area (Å²) in [5.41, 5.74) is 10.2. The predicted octanol–water partition coefficient (Wildman–Crippen LogP) is 5.05. The number of hydrogen-bond donors (Lipinski definition) is 0. The molecule has 134 valence electrons. The van der Waals surface area contributed by atoms with Crippen molar-refractivity contribution in [3.8, 4) is 0 Å². The number of fused-ring (bicyclic) bond motifs is 8. The van der Waals surface area contributed by atoms with Gasteiger partial charge in [0.2, 0.25) is 0 Å². The molecule has 0 radical (unpaired) electrons. The Bertz CT molecular complexity index is 1360. The van der Waals surface area contributed by atoms with E-state index < -0.39 is 0 Å². The van der Waals surface area contributed by atoms with E-state index in [9.17, 15) is 0 Å². The van der Waals surface area contributed by atoms with Gasteiger partial charge in [0, 0.05) is 11.6 Å². The molecule has 0 atom stereocenters. The summed E-state index contributed by atoms with van der Waals surface area (Å²) in [5.74, 6) is 0. The predicted molar refractivity (Wildman–Crippen MR) is 112 cm³/mol. The maximum absolute atomic E-state index is 4.84. The van der Waals surface area contributed by atoms with Gasteiger partial charge in [0.15, 0.2) is 11.0 Å². The second kappa shape index (κ2) is 5.78. The molecule has 2 aromatic carbocycles. The SMILES string of the molecule is CCc1cc2c3nccc(C)c3c3n(c2cc1CC)c1ccccc1[n+]3C. The number of imidazole rings is 1. The highest BCUT2D eigenvalue weighted by molar-refractivity contribution is 6.12. The number of pyridine rings is 2. The van der Waals surface area contributed by atoms with E-state index in [0.29, 0.717) is 0 Å². The molecule has 0 saturated carbocycles. The van der Waals surface area contributed by atoms with Crippen LogP contribution in [0.15, 0.2) is 48.7 Å². The smallest absolute Gasteiger partial charge is 0.255 e. The molecule has 5 aromatic rings. The van der Waals surface area contributed by atoms with E-state index in [1.807, 2.05) is 6.20 Å². The summed E-state index contributed by atoms with van der Waals surface area (Å²) in [6.45, 7) is 6.67. The standard InChI is InChI=1S/C24H24N3/c1-5-16-13-18-21(14-17(16)6-2)27-20-10-8-7-9-19(20)26(4)24(27)22-15(3)11-12-25-23(18)22/h7-14H,5-6H2,1-4H3/q+1. The largest absolute Gasteiger partial charge is 0.297 e.